The van der Waals surface area contributed by atoms with E-state index in [1.165, 1.54) is 0 Å². The molecule has 0 bridgehead atoms. The fraction of sp³-hybridized carbons (Fsp3) is 0.312. The summed E-state index contributed by atoms with van der Waals surface area (Å²) in [4.78, 5) is 34.3. The number of hydrogen-bond donors (Lipinski definition) is 4. The molecule has 1 aliphatic heterocycles. The minimum Gasteiger partial charge on any atom is -0.396 e. The lowest BCUT2D eigenvalue weighted by Gasteiger charge is -2.24. The number of amides is 1. The number of hydroxylamine groups is 2. The molecule has 0 spiro atoms. The van der Waals surface area contributed by atoms with Gasteiger partial charge in [-0.15, -0.1) is 0 Å². The van der Waals surface area contributed by atoms with E-state index >= 15 is 0 Å². The molecule has 40 heavy (non-hydrogen) atoms. The third kappa shape index (κ3) is 5.85. The van der Waals surface area contributed by atoms with Crippen molar-refractivity contribution in [2.24, 2.45) is 5.92 Å². The smallest absolute Gasteiger partial charge is 0.240 e. The second-order valence-corrected chi connectivity index (χ2v) is 10.4. The van der Waals surface area contributed by atoms with Gasteiger partial charge in [0, 0.05) is 35.1 Å². The second kappa shape index (κ2) is 12.1. The minimum absolute atomic E-state index is 0.0285. The van der Waals surface area contributed by atoms with E-state index in [4.69, 9.17) is 4.84 Å². The van der Waals surface area contributed by atoms with Gasteiger partial charge in [-0.1, -0.05) is 66.7 Å². The van der Waals surface area contributed by atoms with Gasteiger partial charge < -0.3 is 20.5 Å². The maximum absolute atomic E-state index is 13.4. The minimum atomic E-state index is -0.857. The predicted octanol–water partition coefficient (Wildman–Crippen LogP) is 3.87. The molecule has 8 nitrogen and oxygen atoms in total. The summed E-state index contributed by atoms with van der Waals surface area (Å²) in [5, 5.41) is 26.2. The van der Waals surface area contributed by atoms with Gasteiger partial charge in [0.25, 0.3) is 0 Å². The first-order valence-electron chi connectivity index (χ1n) is 13.6. The Morgan fingerprint density at radius 2 is 1.70 bits per heavy atom. The Morgan fingerprint density at radius 3 is 2.35 bits per heavy atom. The molecule has 5 rings (SSSR count). The Bertz CT molecular complexity index is 1460. The molecule has 208 valence electrons. The van der Waals surface area contributed by atoms with Crippen molar-refractivity contribution in [2.75, 3.05) is 13.2 Å². The summed E-state index contributed by atoms with van der Waals surface area (Å²) in [5.41, 5.74) is 5.76. The molecule has 1 aliphatic rings. The molecule has 3 aromatic carbocycles. The predicted molar refractivity (Wildman–Crippen MR) is 153 cm³/mol. The topological polar surface area (TPSA) is 115 Å². The first-order chi connectivity index (χ1) is 19.4. The zero-order valence-corrected chi connectivity index (χ0v) is 22.7. The van der Waals surface area contributed by atoms with Crippen molar-refractivity contribution >= 4 is 22.6 Å². The summed E-state index contributed by atoms with van der Waals surface area (Å²) in [7, 11) is 0. The lowest BCUT2D eigenvalue weighted by molar-refractivity contribution is -0.192. The van der Waals surface area contributed by atoms with Crippen molar-refractivity contribution in [3.05, 3.63) is 95.7 Å². The third-order valence-electron chi connectivity index (χ3n) is 7.64. The molecule has 8 heteroatoms. The number of aliphatic hydroxyl groups is 2. The van der Waals surface area contributed by atoms with Crippen LogP contribution < -0.4 is 5.32 Å². The van der Waals surface area contributed by atoms with Crippen LogP contribution in [0.3, 0.4) is 0 Å². The number of aromatic nitrogens is 1. The normalized spacial score (nSPS) is 20.1. The lowest BCUT2D eigenvalue weighted by Crippen LogP contribution is -2.48. The summed E-state index contributed by atoms with van der Waals surface area (Å²) < 4.78 is 0. The van der Waals surface area contributed by atoms with E-state index in [2.05, 4.69) is 16.4 Å². The number of para-hydroxylation sites is 1. The van der Waals surface area contributed by atoms with Gasteiger partial charge in [-0.05, 0) is 48.6 Å². The lowest BCUT2D eigenvalue weighted by atomic mass is 9.92. The largest absolute Gasteiger partial charge is 0.396 e. The van der Waals surface area contributed by atoms with Gasteiger partial charge in [0.1, 0.15) is 12.1 Å². The van der Waals surface area contributed by atoms with Crippen LogP contribution in [0, 0.1) is 5.92 Å². The quantitative estimate of drug-likeness (QED) is 0.227. The number of carbonyl (C=O) groups excluding carboxylic acids is 2. The number of nitrogens with zero attached hydrogens (tertiary/aromatic N) is 1. The van der Waals surface area contributed by atoms with Gasteiger partial charge >= 0.3 is 0 Å². The molecule has 1 amide bonds. The van der Waals surface area contributed by atoms with Crippen LogP contribution in [0.2, 0.25) is 0 Å². The van der Waals surface area contributed by atoms with Crippen molar-refractivity contribution in [2.45, 2.75) is 45.1 Å². The molecule has 0 saturated carbocycles. The molecule has 4 atom stereocenters. The summed E-state index contributed by atoms with van der Waals surface area (Å²) in [6.07, 6.45) is 1.06. The first-order valence-corrected chi connectivity index (χ1v) is 13.6. The molecule has 4 aromatic rings. The number of hydrogen-bond acceptors (Lipinski definition) is 6. The van der Waals surface area contributed by atoms with E-state index in [1.807, 2.05) is 72.9 Å². The molecular weight excluding hydrogens is 506 g/mol. The Kier molecular flexibility index (Phi) is 8.42. The van der Waals surface area contributed by atoms with Crippen molar-refractivity contribution in [3.63, 3.8) is 0 Å². The average molecular weight is 542 g/mol. The monoisotopic (exact) mass is 541 g/mol. The molecule has 1 fully saturated rings. The molecule has 0 unspecified atom stereocenters. The Balaban J connectivity index is 1.28. The van der Waals surface area contributed by atoms with Crippen molar-refractivity contribution < 1.29 is 24.6 Å². The zero-order chi connectivity index (χ0) is 28.2. The second-order valence-electron chi connectivity index (χ2n) is 10.4. The highest BCUT2D eigenvalue weighted by Gasteiger charge is 2.48. The third-order valence-corrected chi connectivity index (χ3v) is 7.64. The summed E-state index contributed by atoms with van der Waals surface area (Å²) in [5.74, 6) is -0.794. The van der Waals surface area contributed by atoms with Crippen LogP contribution in [0.25, 0.3) is 22.0 Å². The highest BCUT2D eigenvalue weighted by atomic mass is 16.7. The Hall–Kier alpha value is -3.82. The molecule has 0 radical (unpaired) electrons. The van der Waals surface area contributed by atoms with Gasteiger partial charge in [-0.25, -0.2) is 0 Å². The fourth-order valence-electron chi connectivity index (χ4n) is 5.45. The number of fused-ring (bicyclic) bond motifs is 1. The van der Waals surface area contributed by atoms with Crippen LogP contribution in [-0.2, 0) is 22.6 Å². The van der Waals surface area contributed by atoms with E-state index < -0.39 is 24.2 Å². The number of benzene rings is 3. The number of aromatic amines is 1. The van der Waals surface area contributed by atoms with Crippen molar-refractivity contribution in [3.8, 4) is 11.1 Å². The molecular formula is C32H35N3O5. The first kappa shape index (κ1) is 27.7. The average Bonchev–Trinajstić information content (AvgIpc) is 3.55. The molecule has 4 N–H and O–H groups in total. The number of aliphatic hydroxyl groups excluding tert-OH is 2. The molecule has 0 aliphatic carbocycles. The maximum Gasteiger partial charge on any atom is 0.240 e. The van der Waals surface area contributed by atoms with Crippen molar-refractivity contribution in [1.82, 2.24) is 15.4 Å². The van der Waals surface area contributed by atoms with Gasteiger partial charge in [0.15, 0.2) is 5.78 Å². The SMILES string of the molecule is CC(=O)c1ccc(-c2ccc(CN3O[C@@H]([C@H](C)O)[C@@H](CO)[C@H]3C(=O)NCCc3c[nH]c4ccccc34)cc2)cc1. The van der Waals surface area contributed by atoms with Crippen molar-refractivity contribution in [1.29, 1.82) is 0 Å². The molecule has 1 saturated heterocycles. The van der Waals surface area contributed by atoms with E-state index in [9.17, 15) is 19.8 Å². The summed E-state index contributed by atoms with van der Waals surface area (Å²) >= 11 is 0. The number of Topliss-reactive ketones (excluding diaryl/α,β-unsaturated/α-hetero) is 1. The van der Waals surface area contributed by atoms with E-state index in [1.54, 1.807) is 18.9 Å². The molecule has 2 heterocycles. The van der Waals surface area contributed by atoms with Gasteiger partial charge in [0.05, 0.1) is 19.3 Å². The molecule has 1 aromatic heterocycles. The number of H-pyrrole nitrogens is 1. The highest BCUT2D eigenvalue weighted by Crippen LogP contribution is 2.32. The summed E-state index contributed by atoms with van der Waals surface area (Å²) in [6, 6.07) is 22.7. The Labute approximate surface area is 233 Å². The van der Waals surface area contributed by atoms with Crippen LogP contribution in [0.5, 0.6) is 0 Å². The maximum atomic E-state index is 13.4. The standard InChI is InChI=1S/C32H35N3O5/c1-20(37)23-11-13-25(14-12-23)24-9-7-22(8-10-24)18-35-30(28(19-36)31(40-35)21(2)38)32(39)33-16-15-26-17-34-29-6-4-3-5-27(26)29/h3-14,17,21,28,30-31,34,36,38H,15-16,18-19H2,1-2H3,(H,33,39)/t21-,28-,30-,31-/m0/s1. The van der Waals surface area contributed by atoms with E-state index in [-0.39, 0.29) is 18.3 Å². The van der Waals surface area contributed by atoms with Gasteiger partial charge in [0.2, 0.25) is 5.91 Å². The fourth-order valence-corrected chi connectivity index (χ4v) is 5.45. The number of rotatable bonds is 10. The van der Waals surface area contributed by atoms with Crippen LogP contribution in [0.4, 0.5) is 0 Å². The number of carbonyl (C=O) groups is 2. The van der Waals surface area contributed by atoms with Gasteiger partial charge in [-0.2, -0.15) is 5.06 Å². The van der Waals surface area contributed by atoms with Crippen LogP contribution >= 0.6 is 0 Å². The van der Waals surface area contributed by atoms with Crippen LogP contribution in [0.1, 0.15) is 35.3 Å². The van der Waals surface area contributed by atoms with Crippen LogP contribution in [-0.4, -0.2) is 63.4 Å². The van der Waals surface area contributed by atoms with Gasteiger partial charge in [-0.3, -0.25) is 14.4 Å². The zero-order valence-electron chi connectivity index (χ0n) is 22.7. The Morgan fingerprint density at radius 1 is 1.02 bits per heavy atom. The highest BCUT2D eigenvalue weighted by molar-refractivity contribution is 5.94. The van der Waals surface area contributed by atoms with E-state index in [0.717, 1.165) is 33.2 Å². The number of ketones is 1. The summed E-state index contributed by atoms with van der Waals surface area (Å²) in [6.45, 7) is 3.60. The van der Waals surface area contributed by atoms with E-state index in [0.29, 0.717) is 25.1 Å². The number of nitrogens with one attached hydrogen (secondary N) is 2. The van der Waals surface area contributed by atoms with Crippen LogP contribution in [0.15, 0.2) is 79.0 Å².